The lowest BCUT2D eigenvalue weighted by Gasteiger charge is -2.05. The highest BCUT2D eigenvalue weighted by Gasteiger charge is 2.11. The molecule has 0 atom stereocenters. The summed E-state index contributed by atoms with van der Waals surface area (Å²) in [6.07, 6.45) is 0.834. The molecule has 8 nitrogen and oxygen atoms in total. The van der Waals surface area contributed by atoms with Crippen molar-refractivity contribution in [1.29, 1.82) is 0 Å². The number of carbonyl (C=O) groups is 2. The maximum atomic E-state index is 11.8. The predicted octanol–water partition coefficient (Wildman–Crippen LogP) is 0.824. The Bertz CT molecular complexity index is 647. The van der Waals surface area contributed by atoms with E-state index in [9.17, 15) is 9.59 Å². The Morgan fingerprint density at radius 3 is 2.83 bits per heavy atom. The number of rotatable bonds is 8. The number of benzene rings is 1. The second kappa shape index (κ2) is 8.89. The van der Waals surface area contributed by atoms with E-state index >= 15 is 0 Å². The third kappa shape index (κ3) is 5.37. The van der Waals surface area contributed by atoms with Gasteiger partial charge in [0.2, 0.25) is 11.1 Å². The highest BCUT2D eigenvalue weighted by atomic mass is 32.2. The van der Waals surface area contributed by atoms with Crippen LogP contribution in [-0.4, -0.2) is 51.5 Å². The molecule has 0 saturated heterocycles. The van der Waals surface area contributed by atoms with Crippen molar-refractivity contribution >= 4 is 23.6 Å². The van der Waals surface area contributed by atoms with Gasteiger partial charge in [0.25, 0.3) is 0 Å². The first-order chi connectivity index (χ1) is 11.2. The molecule has 0 bridgehead atoms. The maximum Gasteiger partial charge on any atom is 0.305 e. The lowest BCUT2D eigenvalue weighted by molar-refractivity contribution is -0.140. The molecule has 1 amide bonds. The number of amides is 1. The average Bonchev–Trinajstić information content (AvgIpc) is 3.06. The summed E-state index contributed by atoms with van der Waals surface area (Å²) in [5.41, 5.74) is 0.832. The fourth-order valence-electron chi connectivity index (χ4n) is 1.74. The van der Waals surface area contributed by atoms with Crippen LogP contribution in [0.5, 0.6) is 0 Å². The quantitative estimate of drug-likeness (QED) is 0.433. The van der Waals surface area contributed by atoms with Crippen LogP contribution >= 0.6 is 11.8 Å². The number of methoxy groups -OCH3 is 1. The Morgan fingerprint density at radius 2 is 2.09 bits per heavy atom. The molecule has 0 aliphatic heterocycles. The van der Waals surface area contributed by atoms with Gasteiger partial charge in [-0.25, -0.2) is 0 Å². The Morgan fingerprint density at radius 1 is 1.30 bits per heavy atom. The summed E-state index contributed by atoms with van der Waals surface area (Å²) in [5, 5.41) is 14.8. The molecule has 23 heavy (non-hydrogen) atoms. The van der Waals surface area contributed by atoms with Gasteiger partial charge in [0.1, 0.15) is 0 Å². The van der Waals surface area contributed by atoms with Crippen LogP contribution in [-0.2, 0) is 14.3 Å². The van der Waals surface area contributed by atoms with Gasteiger partial charge in [-0.3, -0.25) is 9.59 Å². The lowest BCUT2D eigenvalue weighted by Crippen LogP contribution is -2.26. The molecule has 1 heterocycles. The van der Waals surface area contributed by atoms with Gasteiger partial charge in [-0.15, -0.1) is 5.10 Å². The van der Waals surface area contributed by atoms with Gasteiger partial charge in [-0.05, 0) is 29.0 Å². The minimum absolute atomic E-state index is 0.137. The van der Waals surface area contributed by atoms with E-state index in [-0.39, 0.29) is 24.1 Å². The molecule has 1 N–H and O–H groups in total. The van der Waals surface area contributed by atoms with E-state index in [1.807, 2.05) is 30.3 Å². The Hall–Kier alpha value is -2.42. The minimum atomic E-state index is -0.282. The smallest absolute Gasteiger partial charge is 0.305 e. The van der Waals surface area contributed by atoms with Gasteiger partial charge in [0.05, 0.1) is 18.6 Å². The molecule has 0 spiro atoms. The zero-order valence-electron chi connectivity index (χ0n) is 12.6. The van der Waals surface area contributed by atoms with Crippen molar-refractivity contribution in [2.45, 2.75) is 18.0 Å². The fourth-order valence-corrected chi connectivity index (χ4v) is 2.46. The van der Waals surface area contributed by atoms with E-state index in [1.165, 1.54) is 18.9 Å². The molecule has 122 valence electrons. The molecule has 0 saturated carbocycles. The van der Waals surface area contributed by atoms with Crippen LogP contribution in [0, 0.1) is 0 Å². The van der Waals surface area contributed by atoms with Gasteiger partial charge < -0.3 is 10.1 Å². The largest absolute Gasteiger partial charge is 0.469 e. The van der Waals surface area contributed by atoms with Crippen molar-refractivity contribution in [3.05, 3.63) is 30.3 Å². The van der Waals surface area contributed by atoms with E-state index < -0.39 is 0 Å². The number of nitrogens with zero attached hydrogens (tertiary/aromatic N) is 4. The molecule has 0 aliphatic carbocycles. The SMILES string of the molecule is COC(=O)CCCNC(=O)CSc1nnnn1-c1ccccc1. The molecule has 0 aliphatic rings. The third-order valence-electron chi connectivity index (χ3n) is 2.88. The van der Waals surface area contributed by atoms with Gasteiger partial charge in [-0.2, -0.15) is 4.68 Å². The fraction of sp³-hybridized carbons (Fsp3) is 0.357. The van der Waals surface area contributed by atoms with Crippen molar-refractivity contribution in [1.82, 2.24) is 25.5 Å². The number of ether oxygens (including phenoxy) is 1. The molecule has 0 radical (unpaired) electrons. The first kappa shape index (κ1) is 16.9. The lowest BCUT2D eigenvalue weighted by atomic mass is 10.3. The van der Waals surface area contributed by atoms with Gasteiger partial charge >= 0.3 is 5.97 Å². The highest BCUT2D eigenvalue weighted by molar-refractivity contribution is 7.99. The molecule has 1 aromatic heterocycles. The maximum absolute atomic E-state index is 11.8. The van der Waals surface area contributed by atoms with Crippen molar-refractivity contribution in [3.63, 3.8) is 0 Å². The monoisotopic (exact) mass is 335 g/mol. The van der Waals surface area contributed by atoms with Crippen LogP contribution in [0.2, 0.25) is 0 Å². The normalized spacial score (nSPS) is 10.3. The Balaban J connectivity index is 1.77. The number of hydrogen-bond donors (Lipinski definition) is 1. The predicted molar refractivity (Wildman–Crippen MR) is 84.1 cm³/mol. The number of para-hydroxylation sites is 1. The number of carbonyl (C=O) groups excluding carboxylic acids is 2. The number of thioether (sulfide) groups is 1. The summed E-state index contributed by atoms with van der Waals surface area (Å²) >= 11 is 1.25. The van der Waals surface area contributed by atoms with Crippen LogP contribution in [0.3, 0.4) is 0 Å². The molecular formula is C14H17N5O3S. The van der Waals surface area contributed by atoms with Crippen LogP contribution < -0.4 is 5.32 Å². The van der Waals surface area contributed by atoms with E-state index in [4.69, 9.17) is 0 Å². The molecule has 1 aromatic carbocycles. The molecule has 0 fully saturated rings. The van der Waals surface area contributed by atoms with Gasteiger partial charge in [0.15, 0.2) is 0 Å². The topological polar surface area (TPSA) is 99.0 Å². The van der Waals surface area contributed by atoms with Crippen LogP contribution in [0.4, 0.5) is 0 Å². The molecule has 0 unspecified atom stereocenters. The number of nitrogens with one attached hydrogen (secondary N) is 1. The Labute approximate surface area is 137 Å². The first-order valence-corrected chi connectivity index (χ1v) is 7.99. The number of tetrazole rings is 1. The Kier molecular flexibility index (Phi) is 6.55. The second-order valence-corrected chi connectivity index (χ2v) is 5.47. The van der Waals surface area contributed by atoms with Crippen molar-refractivity contribution < 1.29 is 14.3 Å². The second-order valence-electron chi connectivity index (χ2n) is 4.53. The van der Waals surface area contributed by atoms with Crippen LogP contribution in [0.25, 0.3) is 5.69 Å². The molecule has 9 heteroatoms. The number of aromatic nitrogens is 4. The third-order valence-corrected chi connectivity index (χ3v) is 3.80. The van der Waals surface area contributed by atoms with Crippen molar-refractivity contribution in [2.75, 3.05) is 19.4 Å². The summed E-state index contributed by atoms with van der Waals surface area (Å²) in [4.78, 5) is 22.7. The molecular weight excluding hydrogens is 318 g/mol. The molecule has 2 aromatic rings. The average molecular weight is 335 g/mol. The van der Waals surface area contributed by atoms with E-state index in [2.05, 4.69) is 25.6 Å². The molecule has 2 rings (SSSR count). The zero-order chi connectivity index (χ0) is 16.5. The van der Waals surface area contributed by atoms with E-state index in [1.54, 1.807) is 4.68 Å². The minimum Gasteiger partial charge on any atom is -0.469 e. The summed E-state index contributed by atoms with van der Waals surface area (Å²) in [7, 11) is 1.34. The van der Waals surface area contributed by atoms with Crippen molar-refractivity contribution in [2.24, 2.45) is 0 Å². The number of esters is 1. The van der Waals surface area contributed by atoms with E-state index in [0.29, 0.717) is 18.1 Å². The first-order valence-electron chi connectivity index (χ1n) is 7.01. The van der Waals surface area contributed by atoms with Crippen LogP contribution in [0.15, 0.2) is 35.5 Å². The van der Waals surface area contributed by atoms with E-state index in [0.717, 1.165) is 5.69 Å². The van der Waals surface area contributed by atoms with Crippen molar-refractivity contribution in [3.8, 4) is 5.69 Å². The van der Waals surface area contributed by atoms with Gasteiger partial charge in [-0.1, -0.05) is 30.0 Å². The number of hydrogen-bond acceptors (Lipinski definition) is 7. The summed E-state index contributed by atoms with van der Waals surface area (Å²) in [6.45, 7) is 0.429. The highest BCUT2D eigenvalue weighted by Crippen LogP contribution is 2.17. The zero-order valence-corrected chi connectivity index (χ0v) is 13.5. The summed E-state index contributed by atoms with van der Waals surface area (Å²) < 4.78 is 6.11. The van der Waals surface area contributed by atoms with Crippen LogP contribution in [0.1, 0.15) is 12.8 Å². The summed E-state index contributed by atoms with van der Waals surface area (Å²) in [5.74, 6) is -0.219. The standard InChI is InChI=1S/C14H17N5O3S/c1-22-13(21)8-5-9-15-12(20)10-23-14-16-17-18-19(14)11-6-3-2-4-7-11/h2-4,6-7H,5,8-10H2,1H3,(H,15,20). The summed E-state index contributed by atoms with van der Waals surface area (Å²) in [6, 6.07) is 9.45. The van der Waals surface area contributed by atoms with Gasteiger partial charge in [0, 0.05) is 13.0 Å².